The van der Waals surface area contributed by atoms with Gasteiger partial charge in [-0.1, -0.05) is 0 Å². The molecule has 0 aliphatic carbocycles. The van der Waals surface area contributed by atoms with Crippen LogP contribution in [0.15, 0.2) is 27.8 Å². The first-order valence-corrected chi connectivity index (χ1v) is 6.64. The Hall–Kier alpha value is -1.98. The number of hydrogen-bond acceptors (Lipinski definition) is 3. The van der Waals surface area contributed by atoms with E-state index in [-0.39, 0.29) is 5.91 Å². The third-order valence-electron chi connectivity index (χ3n) is 3.10. The Balaban J connectivity index is 1.69. The highest BCUT2D eigenvalue weighted by molar-refractivity contribution is 5.91. The van der Waals surface area contributed by atoms with Crippen LogP contribution in [0.1, 0.15) is 29.8 Å². The van der Waals surface area contributed by atoms with Gasteiger partial charge in [-0.25, -0.2) is 0 Å². The summed E-state index contributed by atoms with van der Waals surface area (Å²) in [5, 5.41) is 2.73. The molecule has 2 rings (SSSR count). The van der Waals surface area contributed by atoms with Gasteiger partial charge in [-0.15, -0.1) is 0 Å². The van der Waals surface area contributed by atoms with E-state index in [0.717, 1.165) is 13.1 Å². The SMILES string of the molecule is NC(=NCCNC(=O)c1ccco1)N1CCCCC1. The Morgan fingerprint density at radius 2 is 2.21 bits per heavy atom. The molecular weight excluding hydrogens is 244 g/mol. The molecule has 0 aromatic carbocycles. The van der Waals surface area contributed by atoms with E-state index >= 15 is 0 Å². The van der Waals surface area contributed by atoms with Crippen LogP contribution in [0.25, 0.3) is 0 Å². The number of carbonyl (C=O) groups is 1. The molecule has 0 radical (unpaired) electrons. The van der Waals surface area contributed by atoms with Crippen molar-refractivity contribution in [3.63, 3.8) is 0 Å². The van der Waals surface area contributed by atoms with Gasteiger partial charge in [0.2, 0.25) is 0 Å². The van der Waals surface area contributed by atoms with E-state index in [2.05, 4.69) is 15.2 Å². The molecule has 6 nitrogen and oxygen atoms in total. The second-order valence-electron chi connectivity index (χ2n) is 4.52. The minimum absolute atomic E-state index is 0.225. The average Bonchev–Trinajstić information content (AvgIpc) is 2.98. The fourth-order valence-corrected chi connectivity index (χ4v) is 2.06. The monoisotopic (exact) mass is 264 g/mol. The van der Waals surface area contributed by atoms with Crippen LogP contribution in [0, 0.1) is 0 Å². The zero-order valence-electron chi connectivity index (χ0n) is 11.0. The number of nitrogens with zero attached hydrogens (tertiary/aromatic N) is 2. The Bertz CT molecular complexity index is 422. The maximum absolute atomic E-state index is 11.6. The summed E-state index contributed by atoms with van der Waals surface area (Å²) in [7, 11) is 0. The second kappa shape index (κ2) is 6.82. The van der Waals surface area contributed by atoms with Crippen molar-refractivity contribution >= 4 is 11.9 Å². The zero-order valence-corrected chi connectivity index (χ0v) is 11.0. The van der Waals surface area contributed by atoms with Gasteiger partial charge in [-0.05, 0) is 31.4 Å². The molecule has 1 aromatic heterocycles. The topological polar surface area (TPSA) is 83.9 Å². The molecule has 0 bridgehead atoms. The molecule has 1 amide bonds. The van der Waals surface area contributed by atoms with Gasteiger partial charge < -0.3 is 20.4 Å². The van der Waals surface area contributed by atoms with Crippen molar-refractivity contribution in [1.29, 1.82) is 0 Å². The number of guanidine groups is 1. The number of aliphatic imine (C=N–C) groups is 1. The summed E-state index contributed by atoms with van der Waals surface area (Å²) in [5.41, 5.74) is 5.90. The standard InChI is InChI=1S/C13H20N4O2/c14-13(17-8-2-1-3-9-17)16-7-6-15-12(18)11-5-4-10-19-11/h4-5,10H,1-3,6-9H2,(H2,14,16)(H,15,18). The molecule has 6 heteroatoms. The molecule has 0 atom stereocenters. The Morgan fingerprint density at radius 3 is 2.89 bits per heavy atom. The van der Waals surface area contributed by atoms with Gasteiger partial charge in [0.05, 0.1) is 12.8 Å². The van der Waals surface area contributed by atoms with Crippen LogP contribution < -0.4 is 11.1 Å². The lowest BCUT2D eigenvalue weighted by Gasteiger charge is -2.27. The summed E-state index contributed by atoms with van der Waals surface area (Å²) in [6.45, 7) is 2.89. The number of hydrogen-bond donors (Lipinski definition) is 2. The maximum atomic E-state index is 11.6. The molecule has 1 aromatic rings. The van der Waals surface area contributed by atoms with Crippen molar-refractivity contribution in [2.75, 3.05) is 26.2 Å². The van der Waals surface area contributed by atoms with Crippen molar-refractivity contribution in [3.8, 4) is 0 Å². The van der Waals surface area contributed by atoms with Gasteiger partial charge in [-0.3, -0.25) is 9.79 Å². The fourth-order valence-electron chi connectivity index (χ4n) is 2.06. The predicted octanol–water partition coefficient (Wildman–Crippen LogP) is 0.810. The molecule has 19 heavy (non-hydrogen) atoms. The Morgan fingerprint density at radius 1 is 1.42 bits per heavy atom. The number of nitrogens with two attached hydrogens (primary N) is 1. The van der Waals surface area contributed by atoms with E-state index in [1.54, 1.807) is 12.1 Å². The van der Waals surface area contributed by atoms with Gasteiger partial charge in [-0.2, -0.15) is 0 Å². The lowest BCUT2D eigenvalue weighted by atomic mass is 10.1. The van der Waals surface area contributed by atoms with Gasteiger partial charge in [0, 0.05) is 19.6 Å². The third kappa shape index (κ3) is 4.01. The largest absolute Gasteiger partial charge is 0.459 e. The molecule has 1 aliphatic heterocycles. The molecule has 3 N–H and O–H groups in total. The lowest BCUT2D eigenvalue weighted by Crippen LogP contribution is -2.41. The minimum Gasteiger partial charge on any atom is -0.459 e. The first kappa shape index (κ1) is 13.5. The number of carbonyl (C=O) groups excluding carboxylic acids is 1. The lowest BCUT2D eigenvalue weighted by molar-refractivity contribution is 0.0927. The van der Waals surface area contributed by atoms with Gasteiger partial charge in [0.1, 0.15) is 0 Å². The fraction of sp³-hybridized carbons (Fsp3) is 0.538. The zero-order chi connectivity index (χ0) is 13.5. The van der Waals surface area contributed by atoms with Crippen LogP contribution >= 0.6 is 0 Å². The quantitative estimate of drug-likeness (QED) is 0.479. The summed E-state index contributed by atoms with van der Waals surface area (Å²) in [5.74, 6) is 0.664. The van der Waals surface area contributed by atoms with Crippen LogP contribution in [-0.4, -0.2) is 42.9 Å². The molecule has 2 heterocycles. The smallest absolute Gasteiger partial charge is 0.287 e. The number of likely N-dealkylation sites (tertiary alicyclic amines) is 1. The number of amides is 1. The highest BCUT2D eigenvalue weighted by Gasteiger charge is 2.11. The predicted molar refractivity (Wildman–Crippen MR) is 73.0 cm³/mol. The molecule has 1 fully saturated rings. The van der Waals surface area contributed by atoms with Gasteiger partial charge in [0.15, 0.2) is 11.7 Å². The summed E-state index contributed by atoms with van der Waals surface area (Å²) in [6.07, 6.45) is 5.08. The summed E-state index contributed by atoms with van der Waals surface area (Å²) in [4.78, 5) is 17.9. The number of rotatable bonds is 4. The van der Waals surface area contributed by atoms with Crippen molar-refractivity contribution < 1.29 is 9.21 Å². The van der Waals surface area contributed by atoms with E-state index in [1.807, 2.05) is 0 Å². The van der Waals surface area contributed by atoms with E-state index < -0.39 is 0 Å². The molecule has 0 unspecified atom stereocenters. The number of furan rings is 1. The van der Waals surface area contributed by atoms with Crippen LogP contribution in [0.2, 0.25) is 0 Å². The molecule has 1 saturated heterocycles. The summed E-state index contributed by atoms with van der Waals surface area (Å²) >= 11 is 0. The highest BCUT2D eigenvalue weighted by Crippen LogP contribution is 2.07. The van der Waals surface area contributed by atoms with E-state index in [0.29, 0.717) is 24.8 Å². The minimum atomic E-state index is -0.225. The number of nitrogens with one attached hydrogen (secondary N) is 1. The Kier molecular flexibility index (Phi) is 4.83. The van der Waals surface area contributed by atoms with Gasteiger partial charge in [0.25, 0.3) is 5.91 Å². The molecule has 0 spiro atoms. The van der Waals surface area contributed by atoms with Crippen molar-refractivity contribution in [2.24, 2.45) is 10.7 Å². The first-order valence-electron chi connectivity index (χ1n) is 6.64. The Labute approximate surface area is 112 Å². The molecule has 0 saturated carbocycles. The van der Waals surface area contributed by atoms with E-state index in [4.69, 9.17) is 10.2 Å². The molecule has 104 valence electrons. The van der Waals surface area contributed by atoms with Gasteiger partial charge >= 0.3 is 0 Å². The van der Waals surface area contributed by atoms with Crippen molar-refractivity contribution in [3.05, 3.63) is 24.2 Å². The molecule has 1 aliphatic rings. The normalized spacial score (nSPS) is 16.4. The van der Waals surface area contributed by atoms with E-state index in [9.17, 15) is 4.79 Å². The molecular formula is C13H20N4O2. The van der Waals surface area contributed by atoms with Crippen LogP contribution in [0.4, 0.5) is 0 Å². The third-order valence-corrected chi connectivity index (χ3v) is 3.10. The van der Waals surface area contributed by atoms with Crippen LogP contribution in [0.5, 0.6) is 0 Å². The maximum Gasteiger partial charge on any atom is 0.287 e. The number of piperidine rings is 1. The average molecular weight is 264 g/mol. The van der Waals surface area contributed by atoms with Crippen molar-refractivity contribution in [1.82, 2.24) is 10.2 Å². The van der Waals surface area contributed by atoms with E-state index in [1.165, 1.54) is 25.5 Å². The first-order chi connectivity index (χ1) is 9.27. The highest BCUT2D eigenvalue weighted by atomic mass is 16.3. The summed E-state index contributed by atoms with van der Waals surface area (Å²) in [6, 6.07) is 3.31. The van der Waals surface area contributed by atoms with Crippen molar-refractivity contribution in [2.45, 2.75) is 19.3 Å². The summed E-state index contributed by atoms with van der Waals surface area (Å²) < 4.78 is 4.99. The second-order valence-corrected chi connectivity index (χ2v) is 4.52. The van der Waals surface area contributed by atoms with Crippen LogP contribution in [0.3, 0.4) is 0 Å². The van der Waals surface area contributed by atoms with Crippen LogP contribution in [-0.2, 0) is 0 Å².